The average molecular weight is 278 g/mol. The van der Waals surface area contributed by atoms with Gasteiger partial charge in [0, 0.05) is 37.2 Å². The second-order valence-electron chi connectivity index (χ2n) is 4.79. The Morgan fingerprint density at radius 2 is 1.05 bits per heavy atom. The van der Waals surface area contributed by atoms with E-state index in [0.29, 0.717) is 49.7 Å². The Kier molecular flexibility index (Phi) is 7.77. The number of carbonyl (C=O) groups is 2. The molecule has 110 valence electrons. The first kappa shape index (κ1) is 16.5. The number of benzene rings is 1. The number of rotatable bonds is 10. The molecule has 0 saturated heterocycles. The van der Waals surface area contributed by atoms with Crippen LogP contribution in [0.3, 0.4) is 0 Å². The summed E-state index contributed by atoms with van der Waals surface area (Å²) in [6, 6.07) is 6.72. The molecule has 0 amide bonds. The van der Waals surface area contributed by atoms with E-state index in [-0.39, 0.29) is 24.8 Å². The van der Waals surface area contributed by atoms with E-state index in [9.17, 15) is 9.59 Å². The zero-order valence-corrected chi connectivity index (χ0v) is 11.7. The Morgan fingerprint density at radius 1 is 0.700 bits per heavy atom. The molecule has 0 bridgehead atoms. The van der Waals surface area contributed by atoms with E-state index in [1.807, 2.05) is 0 Å². The minimum absolute atomic E-state index is 0.0396. The molecular formula is C16H22O4. The summed E-state index contributed by atoms with van der Waals surface area (Å²) >= 11 is 0. The van der Waals surface area contributed by atoms with E-state index in [1.165, 1.54) is 0 Å². The summed E-state index contributed by atoms with van der Waals surface area (Å²) in [6.07, 6.45) is 3.46. The van der Waals surface area contributed by atoms with Gasteiger partial charge < -0.3 is 10.2 Å². The maximum Gasteiger partial charge on any atom is 0.162 e. The Hall–Kier alpha value is -1.52. The first-order valence-corrected chi connectivity index (χ1v) is 7.07. The summed E-state index contributed by atoms with van der Waals surface area (Å²) in [4.78, 5) is 23.6. The van der Waals surface area contributed by atoms with Crippen LogP contribution in [0.2, 0.25) is 0 Å². The SMILES string of the molecule is O=C(CCCCO)c1ccc(C(=O)CCCCO)cc1. The molecule has 0 aliphatic heterocycles. The van der Waals surface area contributed by atoms with Crippen molar-refractivity contribution in [2.75, 3.05) is 13.2 Å². The van der Waals surface area contributed by atoms with Gasteiger partial charge >= 0.3 is 0 Å². The van der Waals surface area contributed by atoms with E-state index < -0.39 is 0 Å². The van der Waals surface area contributed by atoms with Crippen LogP contribution in [0.4, 0.5) is 0 Å². The van der Waals surface area contributed by atoms with Gasteiger partial charge in [-0.05, 0) is 25.7 Å². The van der Waals surface area contributed by atoms with Crippen LogP contribution in [-0.4, -0.2) is 35.0 Å². The normalized spacial score (nSPS) is 10.5. The fraction of sp³-hybridized carbons (Fsp3) is 0.500. The predicted octanol–water partition coefficient (Wildman–Crippen LogP) is 2.38. The molecule has 4 heteroatoms. The molecule has 0 aliphatic carbocycles. The van der Waals surface area contributed by atoms with Gasteiger partial charge in [-0.3, -0.25) is 9.59 Å². The van der Waals surface area contributed by atoms with Crippen molar-refractivity contribution in [3.05, 3.63) is 35.4 Å². The van der Waals surface area contributed by atoms with Gasteiger partial charge in [0.15, 0.2) is 11.6 Å². The van der Waals surface area contributed by atoms with Crippen LogP contribution in [0.25, 0.3) is 0 Å². The van der Waals surface area contributed by atoms with Gasteiger partial charge in [0.05, 0.1) is 0 Å². The van der Waals surface area contributed by atoms with E-state index in [1.54, 1.807) is 24.3 Å². The molecule has 0 aromatic heterocycles. The lowest BCUT2D eigenvalue weighted by Gasteiger charge is -2.03. The van der Waals surface area contributed by atoms with Crippen LogP contribution >= 0.6 is 0 Å². The van der Waals surface area contributed by atoms with Crippen LogP contribution in [0.1, 0.15) is 59.2 Å². The molecule has 0 heterocycles. The number of carbonyl (C=O) groups excluding carboxylic acids is 2. The number of hydrogen-bond donors (Lipinski definition) is 2. The average Bonchev–Trinajstić information content (AvgIpc) is 2.47. The van der Waals surface area contributed by atoms with Gasteiger partial charge in [-0.2, -0.15) is 0 Å². The van der Waals surface area contributed by atoms with Gasteiger partial charge in [-0.1, -0.05) is 24.3 Å². The fourth-order valence-corrected chi connectivity index (χ4v) is 1.93. The molecule has 1 aromatic rings. The molecule has 0 fully saturated rings. The zero-order chi connectivity index (χ0) is 14.8. The number of aliphatic hydroxyl groups excluding tert-OH is 2. The zero-order valence-electron chi connectivity index (χ0n) is 11.7. The molecule has 1 aromatic carbocycles. The molecule has 4 nitrogen and oxygen atoms in total. The second kappa shape index (κ2) is 9.39. The standard InChI is InChI=1S/C16H22O4/c17-11-3-1-5-15(19)13-7-9-14(10-8-13)16(20)6-2-4-12-18/h7-10,17-18H,1-6,11-12H2. The molecule has 0 radical (unpaired) electrons. The first-order valence-electron chi connectivity index (χ1n) is 7.07. The third-order valence-electron chi connectivity index (χ3n) is 3.15. The highest BCUT2D eigenvalue weighted by Crippen LogP contribution is 2.12. The lowest BCUT2D eigenvalue weighted by atomic mass is 10.0. The maximum atomic E-state index is 11.8. The van der Waals surface area contributed by atoms with Crippen LogP contribution in [0, 0.1) is 0 Å². The van der Waals surface area contributed by atoms with Gasteiger partial charge in [-0.25, -0.2) is 0 Å². The highest BCUT2D eigenvalue weighted by Gasteiger charge is 2.08. The quantitative estimate of drug-likeness (QED) is 0.509. The molecule has 1 rings (SSSR count). The van der Waals surface area contributed by atoms with Crippen LogP contribution in [0.5, 0.6) is 0 Å². The lowest BCUT2D eigenvalue weighted by Crippen LogP contribution is -2.03. The van der Waals surface area contributed by atoms with E-state index in [4.69, 9.17) is 10.2 Å². The molecular weight excluding hydrogens is 256 g/mol. The van der Waals surface area contributed by atoms with Crippen molar-refractivity contribution in [1.82, 2.24) is 0 Å². The number of ketones is 2. The topological polar surface area (TPSA) is 74.6 Å². The van der Waals surface area contributed by atoms with Crippen LogP contribution in [0.15, 0.2) is 24.3 Å². The maximum absolute atomic E-state index is 11.8. The summed E-state index contributed by atoms with van der Waals surface area (Å²) in [6.45, 7) is 0.211. The molecule has 20 heavy (non-hydrogen) atoms. The van der Waals surface area contributed by atoms with Crippen molar-refractivity contribution in [1.29, 1.82) is 0 Å². The minimum Gasteiger partial charge on any atom is -0.396 e. The Bertz CT molecular complexity index is 382. The summed E-state index contributed by atoms with van der Waals surface area (Å²) in [5.74, 6) is 0.0791. The summed E-state index contributed by atoms with van der Waals surface area (Å²) in [5, 5.41) is 17.3. The molecule has 0 spiro atoms. The first-order chi connectivity index (χ1) is 9.69. The van der Waals surface area contributed by atoms with Crippen LogP contribution < -0.4 is 0 Å². The highest BCUT2D eigenvalue weighted by molar-refractivity contribution is 5.99. The van der Waals surface area contributed by atoms with Crippen molar-refractivity contribution >= 4 is 11.6 Å². The van der Waals surface area contributed by atoms with E-state index >= 15 is 0 Å². The lowest BCUT2D eigenvalue weighted by molar-refractivity contribution is 0.0965. The van der Waals surface area contributed by atoms with E-state index in [2.05, 4.69) is 0 Å². The molecule has 2 N–H and O–H groups in total. The van der Waals surface area contributed by atoms with Crippen molar-refractivity contribution < 1.29 is 19.8 Å². The largest absolute Gasteiger partial charge is 0.396 e. The number of unbranched alkanes of at least 4 members (excludes halogenated alkanes) is 2. The number of aliphatic hydroxyl groups is 2. The Morgan fingerprint density at radius 3 is 1.35 bits per heavy atom. The van der Waals surface area contributed by atoms with Gasteiger partial charge in [0.2, 0.25) is 0 Å². The summed E-state index contributed by atoms with van der Waals surface area (Å²) < 4.78 is 0. The number of hydrogen-bond acceptors (Lipinski definition) is 4. The van der Waals surface area contributed by atoms with Crippen molar-refractivity contribution in [3.8, 4) is 0 Å². The smallest absolute Gasteiger partial charge is 0.162 e. The summed E-state index contributed by atoms with van der Waals surface area (Å²) in [7, 11) is 0. The van der Waals surface area contributed by atoms with Crippen molar-refractivity contribution in [3.63, 3.8) is 0 Å². The minimum atomic E-state index is 0.0396. The Labute approximate surface area is 119 Å². The third kappa shape index (κ3) is 5.63. The summed E-state index contributed by atoms with van der Waals surface area (Å²) in [5.41, 5.74) is 1.21. The highest BCUT2D eigenvalue weighted by atomic mass is 16.3. The third-order valence-corrected chi connectivity index (χ3v) is 3.15. The second-order valence-corrected chi connectivity index (χ2v) is 4.79. The molecule has 0 unspecified atom stereocenters. The van der Waals surface area contributed by atoms with Gasteiger partial charge in [-0.15, -0.1) is 0 Å². The monoisotopic (exact) mass is 278 g/mol. The Balaban J connectivity index is 2.50. The van der Waals surface area contributed by atoms with Crippen molar-refractivity contribution in [2.24, 2.45) is 0 Å². The molecule has 0 atom stereocenters. The molecule has 0 saturated carbocycles. The molecule has 0 aliphatic rings. The van der Waals surface area contributed by atoms with E-state index in [0.717, 1.165) is 0 Å². The van der Waals surface area contributed by atoms with Gasteiger partial charge in [0.1, 0.15) is 0 Å². The fourth-order valence-electron chi connectivity index (χ4n) is 1.93. The number of Topliss-reactive ketones (excluding diaryl/α,β-unsaturated/α-hetero) is 2. The van der Waals surface area contributed by atoms with Gasteiger partial charge in [0.25, 0.3) is 0 Å². The van der Waals surface area contributed by atoms with Crippen molar-refractivity contribution in [2.45, 2.75) is 38.5 Å². The van der Waals surface area contributed by atoms with Crippen LogP contribution in [-0.2, 0) is 0 Å². The predicted molar refractivity (Wildman–Crippen MR) is 77.0 cm³/mol.